The first kappa shape index (κ1) is 15.8. The Bertz CT molecular complexity index is 697. The molecule has 0 atom stereocenters. The molecule has 1 aromatic rings. The average Bonchev–Trinajstić information content (AvgIpc) is 2.73. The molecule has 1 heterocycles. The van der Waals surface area contributed by atoms with Crippen molar-refractivity contribution in [2.75, 3.05) is 5.32 Å². The largest absolute Gasteiger partial charge is 0.451 e. The van der Waals surface area contributed by atoms with Gasteiger partial charge in [0.15, 0.2) is 0 Å². The highest BCUT2D eigenvalue weighted by molar-refractivity contribution is 6.23. The number of nitrogens with one attached hydrogen (secondary N) is 1. The van der Waals surface area contributed by atoms with E-state index in [1.165, 1.54) is 0 Å². The summed E-state index contributed by atoms with van der Waals surface area (Å²) in [6.45, 7) is 5.82. The molecule has 2 aliphatic rings. The van der Waals surface area contributed by atoms with Crippen molar-refractivity contribution >= 4 is 17.6 Å². The van der Waals surface area contributed by atoms with Crippen LogP contribution in [-0.2, 0) is 14.3 Å². The van der Waals surface area contributed by atoms with Gasteiger partial charge in [-0.25, -0.2) is 4.79 Å². The fourth-order valence-corrected chi connectivity index (χ4v) is 3.69. The minimum atomic E-state index is -0.537. The number of esters is 1. The second-order valence-corrected chi connectivity index (χ2v) is 6.72. The fraction of sp³-hybridized carbons (Fsp3) is 0.474. The number of rotatable bonds is 2. The van der Waals surface area contributed by atoms with Crippen LogP contribution in [0.25, 0.3) is 0 Å². The predicted octanol–water partition coefficient (Wildman–Crippen LogP) is 3.82. The predicted molar refractivity (Wildman–Crippen MR) is 89.2 cm³/mol. The van der Waals surface area contributed by atoms with E-state index in [1.54, 1.807) is 0 Å². The molecule has 1 fully saturated rings. The molecular weight excluding hydrogens is 290 g/mol. The Kier molecular flexibility index (Phi) is 4.00. The van der Waals surface area contributed by atoms with Crippen LogP contribution < -0.4 is 5.32 Å². The number of ether oxygens (including phenoxy) is 1. The molecule has 1 saturated carbocycles. The van der Waals surface area contributed by atoms with Crippen molar-refractivity contribution in [1.82, 2.24) is 0 Å². The van der Waals surface area contributed by atoms with Gasteiger partial charge in [0, 0.05) is 5.69 Å². The van der Waals surface area contributed by atoms with Crippen molar-refractivity contribution in [1.29, 1.82) is 0 Å². The van der Waals surface area contributed by atoms with Crippen molar-refractivity contribution in [3.8, 4) is 0 Å². The number of amides is 1. The molecule has 0 saturated heterocycles. The molecule has 0 unspecified atom stereocenters. The first-order valence-corrected chi connectivity index (χ1v) is 8.26. The highest BCUT2D eigenvalue weighted by Gasteiger charge is 2.47. The van der Waals surface area contributed by atoms with Crippen molar-refractivity contribution in [2.45, 2.75) is 58.5 Å². The quantitative estimate of drug-likeness (QED) is 0.667. The monoisotopic (exact) mass is 313 g/mol. The Labute approximate surface area is 136 Å². The molecule has 1 aliphatic heterocycles. The van der Waals surface area contributed by atoms with Gasteiger partial charge in [0.25, 0.3) is 5.91 Å². The van der Waals surface area contributed by atoms with Crippen LogP contribution in [-0.4, -0.2) is 17.5 Å². The van der Waals surface area contributed by atoms with Crippen LogP contribution in [0.15, 0.2) is 29.3 Å². The van der Waals surface area contributed by atoms with Crippen LogP contribution in [0.2, 0.25) is 0 Å². The molecule has 122 valence electrons. The number of benzene rings is 1. The third-order valence-electron chi connectivity index (χ3n) is 5.07. The fourth-order valence-electron chi connectivity index (χ4n) is 3.69. The normalized spacial score (nSPS) is 19.9. The second kappa shape index (κ2) is 5.84. The third-order valence-corrected chi connectivity index (χ3v) is 5.07. The highest BCUT2D eigenvalue weighted by Crippen LogP contribution is 2.43. The van der Waals surface area contributed by atoms with Crippen molar-refractivity contribution in [3.63, 3.8) is 0 Å². The Morgan fingerprint density at radius 3 is 2.48 bits per heavy atom. The Morgan fingerprint density at radius 1 is 1.13 bits per heavy atom. The number of hydrogen-bond donors (Lipinski definition) is 1. The van der Waals surface area contributed by atoms with Gasteiger partial charge in [-0.3, -0.25) is 4.79 Å². The van der Waals surface area contributed by atoms with Crippen molar-refractivity contribution < 1.29 is 14.3 Å². The van der Waals surface area contributed by atoms with Gasteiger partial charge in [-0.15, -0.1) is 0 Å². The zero-order valence-corrected chi connectivity index (χ0v) is 14.0. The van der Waals surface area contributed by atoms with Gasteiger partial charge in [-0.2, -0.15) is 0 Å². The van der Waals surface area contributed by atoms with Gasteiger partial charge in [0.2, 0.25) is 0 Å². The first-order valence-electron chi connectivity index (χ1n) is 8.26. The molecule has 0 bridgehead atoms. The van der Waals surface area contributed by atoms with E-state index in [4.69, 9.17) is 4.74 Å². The van der Waals surface area contributed by atoms with Crippen molar-refractivity contribution in [3.05, 3.63) is 40.5 Å². The summed E-state index contributed by atoms with van der Waals surface area (Å²) < 4.78 is 5.65. The van der Waals surface area contributed by atoms with Crippen LogP contribution in [0, 0.1) is 13.8 Å². The summed E-state index contributed by atoms with van der Waals surface area (Å²) in [5.74, 6) is -0.839. The van der Waals surface area contributed by atoms with Crippen molar-refractivity contribution in [2.24, 2.45) is 0 Å². The molecule has 4 nitrogen and oxygen atoms in total. The topological polar surface area (TPSA) is 55.4 Å². The summed E-state index contributed by atoms with van der Waals surface area (Å²) in [6, 6.07) is 5.82. The second-order valence-electron chi connectivity index (χ2n) is 6.72. The molecule has 0 aromatic heterocycles. The molecule has 1 amide bonds. The Balaban J connectivity index is 1.87. The summed E-state index contributed by atoms with van der Waals surface area (Å²) in [5, 5.41) is 2.86. The number of carbonyl (C=O) groups excluding carboxylic acids is 2. The molecule has 23 heavy (non-hydrogen) atoms. The van der Waals surface area contributed by atoms with Gasteiger partial charge in [0.1, 0.15) is 11.2 Å². The van der Waals surface area contributed by atoms with Gasteiger partial charge in [0.05, 0.1) is 0 Å². The van der Waals surface area contributed by atoms with Gasteiger partial charge in [-0.1, -0.05) is 24.1 Å². The number of carbonyl (C=O) groups is 2. The maximum atomic E-state index is 12.6. The third kappa shape index (κ3) is 2.78. The SMILES string of the molecule is CC1=C(C(=O)Nc2ccc(C)cc2C)C(=O)OC12CCCCC2. The molecule has 4 heteroatoms. The van der Waals surface area contributed by atoms with Crippen LogP contribution in [0.1, 0.15) is 50.2 Å². The van der Waals surface area contributed by atoms with E-state index >= 15 is 0 Å². The maximum Gasteiger partial charge on any atom is 0.344 e. The molecular formula is C19H23NO3. The molecule has 1 spiro atoms. The van der Waals surface area contributed by atoms with E-state index < -0.39 is 11.6 Å². The lowest BCUT2D eigenvalue weighted by Crippen LogP contribution is -2.33. The number of aryl methyl sites for hydroxylation is 2. The van der Waals surface area contributed by atoms with Gasteiger partial charge >= 0.3 is 5.97 Å². The summed E-state index contributed by atoms with van der Waals surface area (Å²) in [5.41, 5.74) is 3.30. The Hall–Kier alpha value is -2.10. The van der Waals surface area contributed by atoms with E-state index in [9.17, 15) is 9.59 Å². The van der Waals surface area contributed by atoms with Crippen LogP contribution in [0.3, 0.4) is 0 Å². The summed E-state index contributed by atoms with van der Waals surface area (Å²) in [7, 11) is 0. The minimum absolute atomic E-state index is 0.187. The summed E-state index contributed by atoms with van der Waals surface area (Å²) >= 11 is 0. The van der Waals surface area contributed by atoms with E-state index in [2.05, 4.69) is 5.32 Å². The molecule has 1 aromatic carbocycles. The van der Waals surface area contributed by atoms with E-state index in [0.29, 0.717) is 0 Å². The summed E-state index contributed by atoms with van der Waals surface area (Å²) in [6.07, 6.45) is 4.89. The molecule has 1 aliphatic carbocycles. The van der Waals surface area contributed by atoms with E-state index in [0.717, 1.165) is 54.5 Å². The zero-order valence-electron chi connectivity index (χ0n) is 14.0. The first-order chi connectivity index (χ1) is 10.9. The lowest BCUT2D eigenvalue weighted by Gasteiger charge is -2.33. The molecule has 0 radical (unpaired) electrons. The van der Waals surface area contributed by atoms with Crippen LogP contribution in [0.5, 0.6) is 0 Å². The van der Waals surface area contributed by atoms with E-state index in [1.807, 2.05) is 39.0 Å². The summed E-state index contributed by atoms with van der Waals surface area (Å²) in [4.78, 5) is 24.9. The lowest BCUT2D eigenvalue weighted by atomic mass is 9.79. The maximum absolute atomic E-state index is 12.6. The van der Waals surface area contributed by atoms with Gasteiger partial charge in [-0.05, 0) is 63.7 Å². The smallest absolute Gasteiger partial charge is 0.344 e. The number of anilines is 1. The number of hydrogen-bond acceptors (Lipinski definition) is 3. The standard InChI is InChI=1S/C19H23NO3/c1-12-7-8-15(13(2)11-12)20-17(21)16-14(3)19(23-18(16)22)9-5-4-6-10-19/h7-8,11H,4-6,9-10H2,1-3H3,(H,20,21). The van der Waals surface area contributed by atoms with Crippen LogP contribution >= 0.6 is 0 Å². The highest BCUT2D eigenvalue weighted by atomic mass is 16.6. The Morgan fingerprint density at radius 2 is 1.83 bits per heavy atom. The van der Waals surface area contributed by atoms with Gasteiger partial charge < -0.3 is 10.1 Å². The lowest BCUT2D eigenvalue weighted by molar-refractivity contribution is -0.149. The average molecular weight is 313 g/mol. The van der Waals surface area contributed by atoms with E-state index in [-0.39, 0.29) is 11.5 Å². The molecule has 1 N–H and O–H groups in total. The minimum Gasteiger partial charge on any atom is -0.451 e. The van der Waals surface area contributed by atoms with Crippen LogP contribution in [0.4, 0.5) is 5.69 Å². The molecule has 3 rings (SSSR count). The zero-order chi connectivity index (χ0) is 16.6.